The predicted octanol–water partition coefficient (Wildman–Crippen LogP) is 3.30. The summed E-state index contributed by atoms with van der Waals surface area (Å²) in [5.74, 6) is -1.24. The number of anilines is 2. The van der Waals surface area contributed by atoms with Gasteiger partial charge in [-0.05, 0) is 25.5 Å². The third kappa shape index (κ3) is 4.87. The molecule has 0 radical (unpaired) electrons. The standard InChI is InChI=1S/C20H21F2N5O4/c1-5-30-19(28)14-7-16(27(3)26-14)25-20-23-8-12(9-24-20)31-10-13-17(21)11(2)6-15(29-4)18(13)22/h6-9H,5,10H2,1-4H3,(H,23,24,25). The lowest BCUT2D eigenvalue weighted by molar-refractivity contribution is 0.0518. The van der Waals surface area contributed by atoms with Gasteiger partial charge in [0.2, 0.25) is 5.95 Å². The summed E-state index contributed by atoms with van der Waals surface area (Å²) in [6.45, 7) is 3.09. The molecule has 31 heavy (non-hydrogen) atoms. The number of nitrogens with zero attached hydrogens (tertiary/aromatic N) is 4. The lowest BCUT2D eigenvalue weighted by atomic mass is 10.1. The second-order valence-corrected chi connectivity index (χ2v) is 6.42. The van der Waals surface area contributed by atoms with Crippen LogP contribution in [0.25, 0.3) is 0 Å². The second kappa shape index (κ2) is 9.37. The molecule has 11 heteroatoms. The average Bonchev–Trinajstić information content (AvgIpc) is 3.12. The summed E-state index contributed by atoms with van der Waals surface area (Å²) in [5.41, 5.74) is 0.135. The van der Waals surface area contributed by atoms with E-state index in [2.05, 4.69) is 20.4 Å². The number of hydrogen-bond acceptors (Lipinski definition) is 8. The number of hydrogen-bond donors (Lipinski definition) is 1. The Hall–Kier alpha value is -3.76. The van der Waals surface area contributed by atoms with Gasteiger partial charge < -0.3 is 19.5 Å². The van der Waals surface area contributed by atoms with E-state index in [1.807, 2.05) is 0 Å². The van der Waals surface area contributed by atoms with Crippen LogP contribution in [0.4, 0.5) is 20.5 Å². The largest absolute Gasteiger partial charge is 0.494 e. The molecular weight excluding hydrogens is 412 g/mol. The zero-order chi connectivity index (χ0) is 22.5. The van der Waals surface area contributed by atoms with Crippen LogP contribution in [0.1, 0.15) is 28.5 Å². The Bertz CT molecular complexity index is 1090. The SMILES string of the molecule is CCOC(=O)c1cc(Nc2ncc(OCc3c(F)c(C)cc(OC)c3F)cn2)n(C)n1. The highest BCUT2D eigenvalue weighted by Crippen LogP contribution is 2.27. The maximum Gasteiger partial charge on any atom is 0.358 e. The van der Waals surface area contributed by atoms with Crippen molar-refractivity contribution in [3.8, 4) is 11.5 Å². The Morgan fingerprint density at radius 2 is 1.90 bits per heavy atom. The first-order valence-electron chi connectivity index (χ1n) is 9.28. The highest BCUT2D eigenvalue weighted by Gasteiger charge is 2.18. The predicted molar refractivity (Wildman–Crippen MR) is 106 cm³/mol. The number of halogens is 2. The molecule has 3 aromatic rings. The number of carbonyl (C=O) groups excluding carboxylic acids is 1. The number of carbonyl (C=O) groups is 1. The topological polar surface area (TPSA) is 100 Å². The average molecular weight is 433 g/mol. The van der Waals surface area contributed by atoms with Crippen LogP contribution in [0.5, 0.6) is 11.5 Å². The van der Waals surface area contributed by atoms with Gasteiger partial charge in [0, 0.05) is 13.1 Å². The molecule has 3 rings (SSSR count). The molecule has 1 aromatic carbocycles. The van der Waals surface area contributed by atoms with Crippen LogP contribution in [-0.2, 0) is 18.4 Å². The lowest BCUT2D eigenvalue weighted by Gasteiger charge is -2.12. The number of nitrogens with one attached hydrogen (secondary N) is 1. The van der Waals surface area contributed by atoms with Gasteiger partial charge in [-0.2, -0.15) is 5.10 Å². The number of aromatic nitrogens is 4. The van der Waals surface area contributed by atoms with Crippen molar-refractivity contribution in [3.63, 3.8) is 0 Å². The molecule has 9 nitrogen and oxygen atoms in total. The Morgan fingerprint density at radius 1 is 1.19 bits per heavy atom. The van der Waals surface area contributed by atoms with E-state index in [9.17, 15) is 13.6 Å². The number of benzene rings is 1. The molecule has 0 saturated carbocycles. The highest BCUT2D eigenvalue weighted by molar-refractivity contribution is 5.88. The van der Waals surface area contributed by atoms with Crippen molar-refractivity contribution >= 4 is 17.7 Å². The summed E-state index contributed by atoms with van der Waals surface area (Å²) in [6.07, 6.45) is 2.70. The molecule has 0 fully saturated rings. The van der Waals surface area contributed by atoms with Gasteiger partial charge >= 0.3 is 5.97 Å². The van der Waals surface area contributed by atoms with Crippen molar-refractivity contribution in [2.24, 2.45) is 7.05 Å². The van der Waals surface area contributed by atoms with Gasteiger partial charge in [0.25, 0.3) is 0 Å². The number of aryl methyl sites for hydroxylation is 2. The van der Waals surface area contributed by atoms with Gasteiger partial charge in [-0.1, -0.05) is 0 Å². The van der Waals surface area contributed by atoms with Crippen molar-refractivity contribution in [3.05, 3.63) is 53.0 Å². The second-order valence-electron chi connectivity index (χ2n) is 6.42. The molecule has 0 amide bonds. The van der Waals surface area contributed by atoms with Gasteiger partial charge in [-0.15, -0.1) is 0 Å². The fraction of sp³-hybridized carbons (Fsp3) is 0.300. The summed E-state index contributed by atoms with van der Waals surface area (Å²) in [7, 11) is 2.94. The van der Waals surface area contributed by atoms with Crippen LogP contribution in [-0.4, -0.2) is 39.4 Å². The van der Waals surface area contributed by atoms with Gasteiger partial charge in [-0.3, -0.25) is 4.68 Å². The van der Waals surface area contributed by atoms with Crippen molar-refractivity contribution in [2.75, 3.05) is 19.0 Å². The summed E-state index contributed by atoms with van der Waals surface area (Å²) >= 11 is 0. The first kappa shape index (κ1) is 21.9. The molecular formula is C20H21F2N5O4. The van der Waals surface area contributed by atoms with E-state index in [-0.39, 0.29) is 47.5 Å². The minimum atomic E-state index is -0.821. The molecule has 0 bridgehead atoms. The highest BCUT2D eigenvalue weighted by atomic mass is 19.1. The Morgan fingerprint density at radius 3 is 2.55 bits per heavy atom. The van der Waals surface area contributed by atoms with Crippen molar-refractivity contribution in [1.82, 2.24) is 19.7 Å². The smallest absolute Gasteiger partial charge is 0.358 e. The van der Waals surface area contributed by atoms with Crippen LogP contribution >= 0.6 is 0 Å². The number of esters is 1. The minimum Gasteiger partial charge on any atom is -0.494 e. The quantitative estimate of drug-likeness (QED) is 0.540. The summed E-state index contributed by atoms with van der Waals surface area (Å²) in [4.78, 5) is 20.0. The fourth-order valence-corrected chi connectivity index (χ4v) is 2.70. The van der Waals surface area contributed by atoms with Gasteiger partial charge in [-0.25, -0.2) is 23.5 Å². The lowest BCUT2D eigenvalue weighted by Crippen LogP contribution is -2.07. The summed E-state index contributed by atoms with van der Waals surface area (Å²) in [6, 6.07) is 2.78. The van der Waals surface area contributed by atoms with Crippen LogP contribution in [0.2, 0.25) is 0 Å². The molecule has 0 aliphatic rings. The fourth-order valence-electron chi connectivity index (χ4n) is 2.70. The maximum atomic E-state index is 14.3. The van der Waals surface area contributed by atoms with Crippen molar-refractivity contribution in [2.45, 2.75) is 20.5 Å². The molecule has 2 aromatic heterocycles. The molecule has 0 aliphatic carbocycles. The van der Waals surface area contributed by atoms with Gasteiger partial charge in [0.1, 0.15) is 18.2 Å². The van der Waals surface area contributed by atoms with Crippen LogP contribution in [0, 0.1) is 18.6 Å². The minimum absolute atomic E-state index is 0.0633. The number of rotatable bonds is 8. The van der Waals surface area contributed by atoms with Gasteiger partial charge in [0.15, 0.2) is 23.0 Å². The molecule has 0 spiro atoms. The summed E-state index contributed by atoms with van der Waals surface area (Å²) < 4.78 is 45.3. The number of ether oxygens (including phenoxy) is 3. The first-order chi connectivity index (χ1) is 14.8. The number of methoxy groups -OCH3 is 1. The molecule has 164 valence electrons. The van der Waals surface area contributed by atoms with E-state index in [1.165, 1.54) is 43.2 Å². The third-order valence-electron chi connectivity index (χ3n) is 4.28. The summed E-state index contributed by atoms with van der Waals surface area (Å²) in [5, 5.41) is 6.97. The normalized spacial score (nSPS) is 10.6. The van der Waals surface area contributed by atoms with E-state index in [0.29, 0.717) is 5.82 Å². The Balaban J connectivity index is 1.68. The van der Waals surface area contributed by atoms with E-state index < -0.39 is 17.6 Å². The molecule has 0 saturated heterocycles. The monoisotopic (exact) mass is 433 g/mol. The van der Waals surface area contributed by atoms with E-state index >= 15 is 0 Å². The molecule has 0 atom stereocenters. The zero-order valence-corrected chi connectivity index (χ0v) is 17.4. The maximum absolute atomic E-state index is 14.3. The van der Waals surface area contributed by atoms with Crippen molar-refractivity contribution in [1.29, 1.82) is 0 Å². The molecule has 2 heterocycles. The molecule has 0 unspecified atom stereocenters. The first-order valence-corrected chi connectivity index (χ1v) is 9.28. The Kier molecular flexibility index (Phi) is 6.63. The zero-order valence-electron chi connectivity index (χ0n) is 17.4. The molecule has 0 aliphatic heterocycles. The molecule has 1 N–H and O–H groups in total. The van der Waals surface area contributed by atoms with Crippen LogP contribution < -0.4 is 14.8 Å². The van der Waals surface area contributed by atoms with E-state index in [1.54, 1.807) is 14.0 Å². The van der Waals surface area contributed by atoms with Crippen molar-refractivity contribution < 1.29 is 27.8 Å². The van der Waals surface area contributed by atoms with E-state index in [4.69, 9.17) is 14.2 Å². The Labute approximate surface area is 177 Å². The van der Waals surface area contributed by atoms with Crippen LogP contribution in [0.15, 0.2) is 24.5 Å². The van der Waals surface area contributed by atoms with Crippen LogP contribution in [0.3, 0.4) is 0 Å². The third-order valence-corrected chi connectivity index (χ3v) is 4.28. The van der Waals surface area contributed by atoms with E-state index in [0.717, 1.165) is 0 Å². The van der Waals surface area contributed by atoms with Gasteiger partial charge in [0.05, 0.1) is 31.7 Å².